The van der Waals surface area contributed by atoms with Crippen molar-refractivity contribution in [1.29, 1.82) is 0 Å². The minimum atomic E-state index is -0.172. The second kappa shape index (κ2) is 11.3. The number of halogens is 2. The molecule has 3 aromatic rings. The molecule has 1 heterocycles. The van der Waals surface area contributed by atoms with Crippen molar-refractivity contribution in [2.45, 2.75) is 0 Å². The van der Waals surface area contributed by atoms with Gasteiger partial charge in [0, 0.05) is 24.2 Å². The van der Waals surface area contributed by atoms with E-state index in [1.807, 2.05) is 49.3 Å². The fraction of sp³-hybridized carbons (Fsp3) is 0.273. The summed E-state index contributed by atoms with van der Waals surface area (Å²) in [7, 11) is 7.14. The van der Waals surface area contributed by atoms with Crippen molar-refractivity contribution in [2.24, 2.45) is 0 Å². The summed E-state index contributed by atoms with van der Waals surface area (Å²) in [5.41, 5.74) is 1.46. The molecule has 0 saturated heterocycles. The molecule has 3 rings (SSSR count). The molecular formula is C22H25Cl2N3O3S. The average molecular weight is 482 g/mol. The topological polar surface area (TPSA) is 54.9 Å². The minimum Gasteiger partial charge on any atom is -0.495 e. The third-order valence-corrected chi connectivity index (χ3v) is 5.91. The number of thiazole rings is 1. The van der Waals surface area contributed by atoms with Crippen LogP contribution in [-0.2, 0) is 4.79 Å². The SMILES string of the molecule is COc1ccc(OC)c2sc(N(CCN(C)C)C(=O)C=Cc3ccccc3Cl)nc12.Cl. The van der Waals surface area contributed by atoms with Crippen molar-refractivity contribution in [1.82, 2.24) is 9.88 Å². The summed E-state index contributed by atoms with van der Waals surface area (Å²) < 4.78 is 11.8. The summed E-state index contributed by atoms with van der Waals surface area (Å²) in [6.45, 7) is 1.18. The number of hydrogen-bond donors (Lipinski definition) is 0. The molecule has 0 spiro atoms. The fourth-order valence-electron chi connectivity index (χ4n) is 2.85. The molecule has 9 heteroatoms. The standard InChI is InChI=1S/C22H24ClN3O3S.ClH/c1-25(2)13-14-26(19(27)12-9-15-7-5-6-8-16(15)23)22-24-20-17(28-3)10-11-18(29-4)21(20)30-22;/h5-12H,13-14H2,1-4H3;1H. The van der Waals surface area contributed by atoms with Gasteiger partial charge in [-0.2, -0.15) is 0 Å². The first kappa shape index (κ1) is 24.9. The predicted octanol–water partition coefficient (Wildman–Crippen LogP) is 5.00. The molecule has 31 heavy (non-hydrogen) atoms. The van der Waals surface area contributed by atoms with Crippen LogP contribution in [0.1, 0.15) is 5.56 Å². The quantitative estimate of drug-likeness (QED) is 0.423. The maximum atomic E-state index is 13.1. The van der Waals surface area contributed by atoms with E-state index in [1.165, 1.54) is 17.4 Å². The van der Waals surface area contributed by atoms with Crippen LogP contribution in [0.25, 0.3) is 16.3 Å². The van der Waals surface area contributed by atoms with E-state index in [4.69, 9.17) is 26.1 Å². The Labute approximate surface area is 197 Å². The van der Waals surface area contributed by atoms with E-state index >= 15 is 0 Å². The Morgan fingerprint density at radius 3 is 2.42 bits per heavy atom. The van der Waals surface area contributed by atoms with Crippen molar-refractivity contribution < 1.29 is 14.3 Å². The number of likely N-dealkylation sites (N-methyl/N-ethyl adjacent to an activating group) is 1. The van der Waals surface area contributed by atoms with Crippen LogP contribution in [0, 0.1) is 0 Å². The average Bonchev–Trinajstić information content (AvgIpc) is 3.17. The molecule has 6 nitrogen and oxygen atoms in total. The summed E-state index contributed by atoms with van der Waals surface area (Å²) >= 11 is 7.61. The molecule has 0 bridgehead atoms. The Hall–Kier alpha value is -2.32. The minimum absolute atomic E-state index is 0. The summed E-state index contributed by atoms with van der Waals surface area (Å²) in [5, 5.41) is 1.18. The number of fused-ring (bicyclic) bond motifs is 1. The van der Waals surface area contributed by atoms with Crippen LogP contribution in [-0.4, -0.2) is 57.2 Å². The third kappa shape index (κ3) is 5.89. The van der Waals surface area contributed by atoms with Gasteiger partial charge in [0.15, 0.2) is 5.13 Å². The number of carbonyl (C=O) groups excluding carboxylic acids is 1. The highest BCUT2D eigenvalue weighted by Crippen LogP contribution is 2.40. The van der Waals surface area contributed by atoms with E-state index in [2.05, 4.69) is 0 Å². The maximum Gasteiger partial charge on any atom is 0.252 e. The summed E-state index contributed by atoms with van der Waals surface area (Å²) in [6.07, 6.45) is 3.25. The van der Waals surface area contributed by atoms with Gasteiger partial charge in [0.2, 0.25) is 0 Å². The lowest BCUT2D eigenvalue weighted by atomic mass is 10.2. The number of carbonyl (C=O) groups is 1. The highest BCUT2D eigenvalue weighted by Gasteiger charge is 2.21. The van der Waals surface area contributed by atoms with Gasteiger partial charge in [-0.25, -0.2) is 4.98 Å². The van der Waals surface area contributed by atoms with Crippen LogP contribution in [0.15, 0.2) is 42.5 Å². The Bertz CT molecular complexity index is 1030. The molecule has 0 aliphatic heterocycles. The van der Waals surface area contributed by atoms with Crippen LogP contribution in [0.4, 0.5) is 5.13 Å². The lowest BCUT2D eigenvalue weighted by Crippen LogP contribution is -2.35. The maximum absolute atomic E-state index is 13.1. The van der Waals surface area contributed by atoms with Crippen LogP contribution >= 0.6 is 35.3 Å². The molecule has 0 aliphatic carbocycles. The second-order valence-electron chi connectivity index (χ2n) is 6.79. The van der Waals surface area contributed by atoms with Crippen LogP contribution < -0.4 is 14.4 Å². The number of rotatable bonds is 8. The van der Waals surface area contributed by atoms with E-state index in [0.29, 0.717) is 40.3 Å². The Morgan fingerprint density at radius 2 is 1.77 bits per heavy atom. The first-order valence-corrected chi connectivity index (χ1v) is 10.5. The van der Waals surface area contributed by atoms with E-state index in [0.717, 1.165) is 10.3 Å². The zero-order chi connectivity index (χ0) is 21.7. The highest BCUT2D eigenvalue weighted by molar-refractivity contribution is 7.22. The Kier molecular flexibility index (Phi) is 9.13. The van der Waals surface area contributed by atoms with Gasteiger partial charge in [-0.3, -0.25) is 9.69 Å². The van der Waals surface area contributed by atoms with Crippen molar-refractivity contribution in [3.05, 3.63) is 53.1 Å². The number of aromatic nitrogens is 1. The molecular weight excluding hydrogens is 457 g/mol. The highest BCUT2D eigenvalue weighted by atomic mass is 35.5. The molecule has 0 N–H and O–H groups in total. The largest absolute Gasteiger partial charge is 0.495 e. The molecule has 0 radical (unpaired) electrons. The molecule has 0 unspecified atom stereocenters. The van der Waals surface area contributed by atoms with Gasteiger partial charge >= 0.3 is 0 Å². The van der Waals surface area contributed by atoms with Crippen LogP contribution in [0.5, 0.6) is 11.5 Å². The fourth-order valence-corrected chi connectivity index (χ4v) is 4.16. The number of ether oxygens (including phenoxy) is 2. The monoisotopic (exact) mass is 481 g/mol. The molecule has 1 aromatic heterocycles. The van der Waals surface area contributed by atoms with Crippen molar-refractivity contribution >= 4 is 62.7 Å². The van der Waals surface area contributed by atoms with Crippen molar-refractivity contribution in [3.8, 4) is 11.5 Å². The summed E-state index contributed by atoms with van der Waals surface area (Å²) in [6, 6.07) is 11.0. The molecule has 0 aliphatic rings. The first-order chi connectivity index (χ1) is 14.4. The summed E-state index contributed by atoms with van der Waals surface area (Å²) in [4.78, 5) is 21.5. The van der Waals surface area contributed by atoms with E-state index < -0.39 is 0 Å². The molecule has 0 saturated carbocycles. The zero-order valence-corrected chi connectivity index (χ0v) is 20.2. The first-order valence-electron chi connectivity index (χ1n) is 9.35. The smallest absolute Gasteiger partial charge is 0.252 e. The van der Waals surface area contributed by atoms with E-state index in [9.17, 15) is 4.79 Å². The lowest BCUT2D eigenvalue weighted by molar-refractivity contribution is -0.114. The van der Waals surface area contributed by atoms with E-state index in [1.54, 1.807) is 31.3 Å². The molecule has 166 valence electrons. The lowest BCUT2D eigenvalue weighted by Gasteiger charge is -2.20. The predicted molar refractivity (Wildman–Crippen MR) is 131 cm³/mol. The Morgan fingerprint density at radius 1 is 1.10 bits per heavy atom. The molecule has 1 amide bonds. The number of benzene rings is 2. The second-order valence-corrected chi connectivity index (χ2v) is 8.18. The van der Waals surface area contributed by atoms with Gasteiger partial charge in [0.25, 0.3) is 5.91 Å². The third-order valence-electron chi connectivity index (χ3n) is 4.48. The number of anilines is 1. The normalized spacial score (nSPS) is 11.0. The van der Waals surface area contributed by atoms with Crippen molar-refractivity contribution in [3.63, 3.8) is 0 Å². The molecule has 2 aromatic carbocycles. The van der Waals surface area contributed by atoms with Gasteiger partial charge in [-0.1, -0.05) is 41.1 Å². The van der Waals surface area contributed by atoms with E-state index in [-0.39, 0.29) is 18.3 Å². The molecule has 0 atom stereocenters. The van der Waals surface area contributed by atoms with Gasteiger partial charge in [0.1, 0.15) is 21.7 Å². The van der Waals surface area contributed by atoms with Gasteiger partial charge in [0.05, 0.1) is 14.2 Å². The van der Waals surface area contributed by atoms with Crippen LogP contribution in [0.2, 0.25) is 5.02 Å². The van der Waals surface area contributed by atoms with Crippen molar-refractivity contribution in [2.75, 3.05) is 46.3 Å². The Balaban J connectivity index is 0.00000341. The van der Waals surface area contributed by atoms with Gasteiger partial charge in [-0.05, 0) is 43.9 Å². The number of amides is 1. The van der Waals surface area contributed by atoms with Crippen LogP contribution in [0.3, 0.4) is 0 Å². The van der Waals surface area contributed by atoms with Gasteiger partial charge < -0.3 is 14.4 Å². The zero-order valence-electron chi connectivity index (χ0n) is 17.8. The number of hydrogen-bond acceptors (Lipinski definition) is 6. The molecule has 0 fully saturated rings. The van der Waals surface area contributed by atoms with Gasteiger partial charge in [-0.15, -0.1) is 12.4 Å². The summed E-state index contributed by atoms with van der Waals surface area (Å²) in [5.74, 6) is 1.16. The number of nitrogens with zero attached hydrogens (tertiary/aromatic N) is 3. The number of methoxy groups -OCH3 is 2.